The summed E-state index contributed by atoms with van der Waals surface area (Å²) in [6.45, 7) is 6.08. The first-order valence-corrected chi connectivity index (χ1v) is 6.18. The van der Waals surface area contributed by atoms with E-state index in [0.717, 1.165) is 17.1 Å². The van der Waals surface area contributed by atoms with Gasteiger partial charge in [-0.3, -0.25) is 0 Å². The summed E-state index contributed by atoms with van der Waals surface area (Å²) in [6, 6.07) is 7.62. The number of methoxy groups -OCH3 is 1. The smallest absolute Gasteiger partial charge is 0.144 e. The molecule has 0 atom stereocenters. The molecule has 2 aromatic rings. The lowest BCUT2D eigenvalue weighted by Crippen LogP contribution is -2.19. The molecule has 0 amide bonds. The van der Waals surface area contributed by atoms with Crippen molar-refractivity contribution in [2.24, 2.45) is 0 Å². The van der Waals surface area contributed by atoms with Gasteiger partial charge in [-0.1, -0.05) is 38.1 Å². The molecule has 0 saturated carbocycles. The Morgan fingerprint density at radius 1 is 1.26 bits per heavy atom. The number of nitrogens with zero attached hydrogens (tertiary/aromatic N) is 3. The molecular weight excluding hydrogens is 242 g/mol. The molecule has 0 fully saturated rings. The van der Waals surface area contributed by atoms with Crippen molar-refractivity contribution in [2.45, 2.75) is 32.8 Å². The van der Waals surface area contributed by atoms with E-state index in [2.05, 4.69) is 31.1 Å². The first-order valence-electron chi connectivity index (χ1n) is 6.18. The summed E-state index contributed by atoms with van der Waals surface area (Å²) < 4.78 is 7.10. The van der Waals surface area contributed by atoms with Gasteiger partial charge in [0.2, 0.25) is 0 Å². The van der Waals surface area contributed by atoms with Crippen molar-refractivity contribution in [2.75, 3.05) is 7.11 Å². The molecule has 0 aliphatic rings. The van der Waals surface area contributed by atoms with Gasteiger partial charge in [0.15, 0.2) is 0 Å². The second-order valence-corrected chi connectivity index (χ2v) is 5.38. The molecule has 2 rings (SSSR count). The molecular formula is C14H19N3O2. The fourth-order valence-electron chi connectivity index (χ4n) is 2.14. The van der Waals surface area contributed by atoms with Gasteiger partial charge >= 0.3 is 0 Å². The molecule has 0 unspecified atom stereocenters. The number of ether oxygens (including phenoxy) is 1. The van der Waals surface area contributed by atoms with Crippen LogP contribution >= 0.6 is 0 Å². The first-order chi connectivity index (χ1) is 8.99. The quantitative estimate of drug-likeness (QED) is 0.918. The van der Waals surface area contributed by atoms with Crippen molar-refractivity contribution in [3.63, 3.8) is 0 Å². The highest BCUT2D eigenvalue weighted by Crippen LogP contribution is 2.30. The Hall–Kier alpha value is -1.88. The van der Waals surface area contributed by atoms with Gasteiger partial charge in [-0.05, 0) is 12.1 Å². The van der Waals surface area contributed by atoms with Crippen LogP contribution in [0.3, 0.4) is 0 Å². The Kier molecular flexibility index (Phi) is 3.57. The largest absolute Gasteiger partial charge is 0.494 e. The highest BCUT2D eigenvalue weighted by molar-refractivity contribution is 5.47. The van der Waals surface area contributed by atoms with Gasteiger partial charge in [0.1, 0.15) is 17.1 Å². The molecule has 0 aliphatic heterocycles. The van der Waals surface area contributed by atoms with E-state index in [1.54, 1.807) is 11.8 Å². The number of aliphatic hydroxyl groups excluding tert-OH is 1. The highest BCUT2D eigenvalue weighted by atomic mass is 16.5. The average Bonchev–Trinajstić information content (AvgIpc) is 2.82. The topological polar surface area (TPSA) is 60.2 Å². The second kappa shape index (κ2) is 5.01. The zero-order valence-electron chi connectivity index (χ0n) is 11.7. The molecule has 0 radical (unpaired) electrons. The van der Waals surface area contributed by atoms with Crippen molar-refractivity contribution >= 4 is 0 Å². The summed E-state index contributed by atoms with van der Waals surface area (Å²) in [5, 5.41) is 17.6. The molecule has 0 bridgehead atoms. The fourth-order valence-corrected chi connectivity index (χ4v) is 2.14. The first kappa shape index (κ1) is 13.5. The van der Waals surface area contributed by atoms with E-state index in [1.807, 2.05) is 24.3 Å². The normalized spacial score (nSPS) is 11.6. The standard InChI is InChI=1S/C14H19N3O2/c1-14(2,3)13-10(9-18)15-16-17(13)11-7-5-6-8-12(11)19-4/h5-8,18H,9H2,1-4H3. The van der Waals surface area contributed by atoms with Crippen LogP contribution in [0.2, 0.25) is 0 Å². The highest BCUT2D eigenvalue weighted by Gasteiger charge is 2.26. The maximum Gasteiger partial charge on any atom is 0.144 e. The minimum Gasteiger partial charge on any atom is -0.494 e. The Morgan fingerprint density at radius 2 is 1.95 bits per heavy atom. The fraction of sp³-hybridized carbons (Fsp3) is 0.429. The summed E-state index contributed by atoms with van der Waals surface area (Å²) in [5.41, 5.74) is 2.13. The zero-order valence-corrected chi connectivity index (χ0v) is 11.7. The molecule has 0 spiro atoms. The predicted molar refractivity (Wildman–Crippen MR) is 72.5 cm³/mol. The van der Waals surface area contributed by atoms with E-state index in [1.165, 1.54) is 0 Å². The molecule has 1 N–H and O–H groups in total. The van der Waals surface area contributed by atoms with Gasteiger partial charge in [0.05, 0.1) is 19.4 Å². The van der Waals surface area contributed by atoms with Crippen LogP contribution < -0.4 is 4.74 Å². The second-order valence-electron chi connectivity index (χ2n) is 5.38. The van der Waals surface area contributed by atoms with E-state index < -0.39 is 0 Å². The lowest BCUT2D eigenvalue weighted by Gasteiger charge is -2.21. The van der Waals surface area contributed by atoms with E-state index >= 15 is 0 Å². The minimum absolute atomic E-state index is 0.123. The summed E-state index contributed by atoms with van der Waals surface area (Å²) in [4.78, 5) is 0. The van der Waals surface area contributed by atoms with Gasteiger partial charge in [0, 0.05) is 5.41 Å². The van der Waals surface area contributed by atoms with Crippen molar-refractivity contribution < 1.29 is 9.84 Å². The lowest BCUT2D eigenvalue weighted by atomic mass is 9.90. The number of aromatic nitrogens is 3. The number of hydrogen-bond donors (Lipinski definition) is 1. The number of aliphatic hydroxyl groups is 1. The van der Waals surface area contributed by atoms with Crippen LogP contribution in [0.1, 0.15) is 32.2 Å². The average molecular weight is 261 g/mol. The Balaban J connectivity index is 2.66. The summed E-state index contributed by atoms with van der Waals surface area (Å²) >= 11 is 0. The van der Waals surface area contributed by atoms with Gasteiger partial charge in [-0.25, -0.2) is 4.68 Å². The van der Waals surface area contributed by atoms with E-state index in [0.29, 0.717) is 5.69 Å². The van der Waals surface area contributed by atoms with E-state index in [4.69, 9.17) is 4.74 Å². The summed E-state index contributed by atoms with van der Waals surface area (Å²) in [5.74, 6) is 0.724. The number of benzene rings is 1. The number of para-hydroxylation sites is 2. The van der Waals surface area contributed by atoms with Crippen LogP contribution in [0.5, 0.6) is 5.75 Å². The van der Waals surface area contributed by atoms with Crippen LogP contribution in [0.15, 0.2) is 24.3 Å². The molecule has 1 heterocycles. The van der Waals surface area contributed by atoms with Crippen LogP contribution in [-0.2, 0) is 12.0 Å². The Labute approximate surface area is 112 Å². The SMILES string of the molecule is COc1ccccc1-n1nnc(CO)c1C(C)(C)C. The molecule has 5 nitrogen and oxygen atoms in total. The molecule has 0 aliphatic carbocycles. The molecule has 5 heteroatoms. The molecule has 1 aromatic carbocycles. The van der Waals surface area contributed by atoms with Gasteiger partial charge in [-0.15, -0.1) is 5.10 Å². The van der Waals surface area contributed by atoms with Crippen molar-refractivity contribution in [1.82, 2.24) is 15.0 Å². The summed E-state index contributed by atoms with van der Waals surface area (Å²) in [7, 11) is 1.62. The Bertz CT molecular complexity index is 570. The lowest BCUT2D eigenvalue weighted by molar-refractivity contribution is 0.273. The third kappa shape index (κ3) is 2.46. The Morgan fingerprint density at radius 3 is 2.53 bits per heavy atom. The van der Waals surface area contributed by atoms with E-state index in [9.17, 15) is 5.11 Å². The molecule has 1 aromatic heterocycles. The maximum absolute atomic E-state index is 9.42. The van der Waals surface area contributed by atoms with Gasteiger partial charge < -0.3 is 9.84 Å². The number of rotatable bonds is 3. The van der Waals surface area contributed by atoms with Crippen molar-refractivity contribution in [3.8, 4) is 11.4 Å². The van der Waals surface area contributed by atoms with Crippen molar-refractivity contribution in [1.29, 1.82) is 0 Å². The molecule has 102 valence electrons. The van der Waals surface area contributed by atoms with Gasteiger partial charge in [-0.2, -0.15) is 0 Å². The molecule has 0 saturated heterocycles. The third-order valence-electron chi connectivity index (χ3n) is 2.91. The summed E-state index contributed by atoms with van der Waals surface area (Å²) in [6.07, 6.45) is 0. The minimum atomic E-state index is -0.178. The van der Waals surface area contributed by atoms with Crippen LogP contribution in [0, 0.1) is 0 Å². The number of hydrogen-bond acceptors (Lipinski definition) is 4. The monoisotopic (exact) mass is 261 g/mol. The van der Waals surface area contributed by atoms with Crippen molar-refractivity contribution in [3.05, 3.63) is 35.7 Å². The molecule has 19 heavy (non-hydrogen) atoms. The maximum atomic E-state index is 9.42. The zero-order chi connectivity index (χ0) is 14.0. The van der Waals surface area contributed by atoms with Crippen LogP contribution in [0.25, 0.3) is 5.69 Å². The van der Waals surface area contributed by atoms with Crippen LogP contribution in [0.4, 0.5) is 0 Å². The van der Waals surface area contributed by atoms with Crippen LogP contribution in [-0.4, -0.2) is 27.2 Å². The van der Waals surface area contributed by atoms with Gasteiger partial charge in [0.25, 0.3) is 0 Å². The predicted octanol–water partition coefficient (Wildman–Crippen LogP) is 2.07. The third-order valence-corrected chi connectivity index (χ3v) is 2.91. The van der Waals surface area contributed by atoms with E-state index in [-0.39, 0.29) is 12.0 Å².